The third-order valence-electron chi connectivity index (χ3n) is 2.51. The molecule has 0 radical (unpaired) electrons. The van der Waals surface area contributed by atoms with Gasteiger partial charge in [0.05, 0.1) is 19.0 Å². The van der Waals surface area contributed by atoms with Crippen LogP contribution in [0.15, 0.2) is 6.20 Å². The molecule has 0 amide bonds. The van der Waals surface area contributed by atoms with E-state index in [1.54, 1.807) is 13.3 Å². The van der Waals surface area contributed by atoms with Crippen LogP contribution in [-0.4, -0.2) is 21.7 Å². The van der Waals surface area contributed by atoms with Crippen LogP contribution in [0.25, 0.3) is 0 Å². The topological polar surface area (TPSA) is 27.1 Å². The third kappa shape index (κ3) is 2.97. The van der Waals surface area contributed by atoms with Gasteiger partial charge in [0.1, 0.15) is 0 Å². The summed E-state index contributed by atoms with van der Waals surface area (Å²) in [5.74, 6) is 1.36. The fourth-order valence-electron chi connectivity index (χ4n) is 1.88. The Bertz CT molecular complexity index is 288. The smallest absolute Gasteiger partial charge is 0.160 e. The summed E-state index contributed by atoms with van der Waals surface area (Å²) in [6.07, 6.45) is 2.89. The average molecular weight is 275 g/mol. The van der Waals surface area contributed by atoms with Crippen LogP contribution in [0.2, 0.25) is 0 Å². The molecule has 1 heterocycles. The predicted molar refractivity (Wildman–Crippen MR) is 65.9 cm³/mol. The fourth-order valence-corrected chi connectivity index (χ4v) is 2.44. The molecule has 86 valence electrons. The van der Waals surface area contributed by atoms with Crippen LogP contribution in [0.4, 0.5) is 0 Å². The van der Waals surface area contributed by atoms with Gasteiger partial charge >= 0.3 is 0 Å². The van der Waals surface area contributed by atoms with E-state index in [2.05, 4.69) is 41.8 Å². The Hall–Kier alpha value is -0.510. The van der Waals surface area contributed by atoms with Crippen molar-refractivity contribution >= 4 is 15.9 Å². The Labute approximate surface area is 99.9 Å². The molecule has 0 aliphatic carbocycles. The second-order valence-electron chi connectivity index (χ2n) is 3.83. The molecule has 0 N–H and O–H groups in total. The zero-order chi connectivity index (χ0) is 11.4. The molecule has 0 spiro atoms. The fraction of sp³-hybridized carbons (Fsp3) is 0.727. The predicted octanol–water partition coefficient (Wildman–Crippen LogP) is 3.19. The summed E-state index contributed by atoms with van der Waals surface area (Å²) < 4.78 is 7.34. The van der Waals surface area contributed by atoms with Crippen molar-refractivity contribution in [3.05, 3.63) is 11.9 Å². The van der Waals surface area contributed by atoms with Crippen molar-refractivity contribution in [1.29, 1.82) is 0 Å². The number of aryl methyl sites for hydroxylation is 1. The second-order valence-corrected chi connectivity index (χ2v) is 5.39. The molecule has 0 aliphatic heterocycles. The van der Waals surface area contributed by atoms with Crippen LogP contribution < -0.4 is 4.74 Å². The lowest BCUT2D eigenvalue weighted by molar-refractivity contribution is 0.401. The summed E-state index contributed by atoms with van der Waals surface area (Å²) in [5, 5.41) is 4.31. The first kappa shape index (κ1) is 12.6. The van der Waals surface area contributed by atoms with E-state index in [0.29, 0.717) is 10.7 Å². The second kappa shape index (κ2) is 5.54. The minimum Gasteiger partial charge on any atom is -0.493 e. The first-order valence-corrected chi connectivity index (χ1v) is 6.25. The molecule has 3 nitrogen and oxygen atoms in total. The zero-order valence-electron chi connectivity index (χ0n) is 9.83. The quantitative estimate of drug-likeness (QED) is 0.772. The maximum Gasteiger partial charge on any atom is 0.160 e. The number of hydrogen-bond donors (Lipinski definition) is 0. The SMILES string of the molecule is CCn1ncc(OC)c1C(C)CC(C)Br. The monoisotopic (exact) mass is 274 g/mol. The van der Waals surface area contributed by atoms with E-state index in [1.807, 2.05) is 4.68 Å². The van der Waals surface area contributed by atoms with Crippen molar-refractivity contribution in [2.45, 2.75) is 44.5 Å². The maximum atomic E-state index is 5.33. The van der Waals surface area contributed by atoms with Crippen LogP contribution in [0.5, 0.6) is 5.75 Å². The third-order valence-corrected chi connectivity index (χ3v) is 2.88. The van der Waals surface area contributed by atoms with Crippen molar-refractivity contribution in [1.82, 2.24) is 9.78 Å². The summed E-state index contributed by atoms with van der Waals surface area (Å²) >= 11 is 3.58. The highest BCUT2D eigenvalue weighted by molar-refractivity contribution is 9.09. The van der Waals surface area contributed by atoms with E-state index in [4.69, 9.17) is 4.74 Å². The number of methoxy groups -OCH3 is 1. The lowest BCUT2D eigenvalue weighted by atomic mass is 10.0. The molecular weight excluding hydrogens is 256 g/mol. The van der Waals surface area contributed by atoms with Gasteiger partial charge in [0, 0.05) is 17.3 Å². The maximum absolute atomic E-state index is 5.33. The van der Waals surface area contributed by atoms with Gasteiger partial charge in [0.25, 0.3) is 0 Å². The first-order valence-electron chi connectivity index (χ1n) is 5.33. The Balaban J connectivity index is 2.93. The Morgan fingerprint density at radius 2 is 2.20 bits per heavy atom. The van der Waals surface area contributed by atoms with Gasteiger partial charge in [-0.05, 0) is 13.3 Å². The van der Waals surface area contributed by atoms with Gasteiger partial charge in [-0.25, -0.2) is 0 Å². The molecular formula is C11H19BrN2O. The number of ether oxygens (including phenoxy) is 1. The number of hydrogen-bond acceptors (Lipinski definition) is 2. The molecule has 0 aliphatic rings. The molecule has 1 aromatic rings. The summed E-state index contributed by atoms with van der Waals surface area (Å²) in [6, 6.07) is 0. The summed E-state index contributed by atoms with van der Waals surface area (Å²) in [5.41, 5.74) is 1.20. The number of aromatic nitrogens is 2. The van der Waals surface area contributed by atoms with Crippen molar-refractivity contribution < 1.29 is 4.74 Å². The standard InChI is InChI=1S/C11H19BrN2O/c1-5-14-11(8(2)6-9(3)12)10(15-4)7-13-14/h7-9H,5-6H2,1-4H3. The lowest BCUT2D eigenvalue weighted by Crippen LogP contribution is -2.09. The van der Waals surface area contributed by atoms with Crippen LogP contribution in [0.3, 0.4) is 0 Å². The normalized spacial score (nSPS) is 15.0. The van der Waals surface area contributed by atoms with E-state index < -0.39 is 0 Å². The molecule has 1 aromatic heterocycles. The average Bonchev–Trinajstić information content (AvgIpc) is 2.58. The zero-order valence-corrected chi connectivity index (χ0v) is 11.4. The molecule has 2 atom stereocenters. The van der Waals surface area contributed by atoms with Crippen LogP contribution in [0.1, 0.15) is 38.8 Å². The molecule has 2 unspecified atom stereocenters. The van der Waals surface area contributed by atoms with Gasteiger partial charge in [-0.1, -0.05) is 29.8 Å². The van der Waals surface area contributed by atoms with Gasteiger partial charge < -0.3 is 4.74 Å². The largest absolute Gasteiger partial charge is 0.493 e. The van der Waals surface area contributed by atoms with E-state index >= 15 is 0 Å². The summed E-state index contributed by atoms with van der Waals surface area (Å²) in [4.78, 5) is 0.511. The minimum atomic E-state index is 0.455. The molecule has 0 aromatic carbocycles. The first-order chi connectivity index (χ1) is 7.10. The van der Waals surface area contributed by atoms with E-state index in [1.165, 1.54) is 5.69 Å². The van der Waals surface area contributed by atoms with Gasteiger partial charge in [0.2, 0.25) is 0 Å². The number of nitrogens with zero attached hydrogens (tertiary/aromatic N) is 2. The Kier molecular flexibility index (Phi) is 4.64. The number of alkyl halides is 1. The van der Waals surface area contributed by atoms with Crippen LogP contribution in [-0.2, 0) is 6.54 Å². The van der Waals surface area contributed by atoms with Crippen LogP contribution >= 0.6 is 15.9 Å². The van der Waals surface area contributed by atoms with Gasteiger partial charge in [-0.2, -0.15) is 5.10 Å². The molecule has 0 bridgehead atoms. The van der Waals surface area contributed by atoms with E-state index in [-0.39, 0.29) is 0 Å². The van der Waals surface area contributed by atoms with Crippen LogP contribution in [0, 0.1) is 0 Å². The van der Waals surface area contributed by atoms with E-state index in [9.17, 15) is 0 Å². The van der Waals surface area contributed by atoms with Crippen molar-refractivity contribution in [3.63, 3.8) is 0 Å². The van der Waals surface area contributed by atoms with Gasteiger partial charge in [-0.3, -0.25) is 4.68 Å². The van der Waals surface area contributed by atoms with Crippen molar-refractivity contribution in [3.8, 4) is 5.75 Å². The van der Waals surface area contributed by atoms with Gasteiger partial charge in [0.15, 0.2) is 5.75 Å². The number of halogens is 1. The van der Waals surface area contributed by atoms with Gasteiger partial charge in [-0.15, -0.1) is 0 Å². The Morgan fingerprint density at radius 1 is 1.53 bits per heavy atom. The van der Waals surface area contributed by atoms with Crippen molar-refractivity contribution in [2.24, 2.45) is 0 Å². The molecule has 4 heteroatoms. The Morgan fingerprint density at radius 3 is 2.67 bits per heavy atom. The summed E-state index contributed by atoms with van der Waals surface area (Å²) in [6.45, 7) is 7.36. The minimum absolute atomic E-state index is 0.455. The highest BCUT2D eigenvalue weighted by atomic mass is 79.9. The molecule has 0 saturated carbocycles. The molecule has 15 heavy (non-hydrogen) atoms. The molecule has 0 saturated heterocycles. The molecule has 1 rings (SSSR count). The highest BCUT2D eigenvalue weighted by Crippen LogP contribution is 2.30. The lowest BCUT2D eigenvalue weighted by Gasteiger charge is -2.16. The van der Waals surface area contributed by atoms with Crippen molar-refractivity contribution in [2.75, 3.05) is 7.11 Å². The number of rotatable bonds is 5. The molecule has 0 fully saturated rings. The highest BCUT2D eigenvalue weighted by Gasteiger charge is 2.18. The van der Waals surface area contributed by atoms with E-state index in [0.717, 1.165) is 18.7 Å². The summed E-state index contributed by atoms with van der Waals surface area (Å²) in [7, 11) is 1.70.